The first-order chi connectivity index (χ1) is 8.56. The van der Waals surface area contributed by atoms with E-state index in [1.807, 2.05) is 6.92 Å². The predicted molar refractivity (Wildman–Crippen MR) is 77.3 cm³/mol. The van der Waals surface area contributed by atoms with Crippen molar-refractivity contribution in [1.29, 1.82) is 0 Å². The summed E-state index contributed by atoms with van der Waals surface area (Å²) in [6, 6.07) is 11.0. The van der Waals surface area contributed by atoms with Crippen molar-refractivity contribution in [3.63, 3.8) is 0 Å². The molecule has 0 bridgehead atoms. The van der Waals surface area contributed by atoms with Crippen LogP contribution in [-0.4, -0.2) is 0 Å². The van der Waals surface area contributed by atoms with Crippen LogP contribution in [0.25, 0.3) is 0 Å². The molecule has 1 N–H and O–H groups in total. The van der Waals surface area contributed by atoms with Crippen LogP contribution in [0.4, 0.5) is 10.1 Å². The molecule has 94 valence electrons. The molecular weight excluding hydrogens is 293 g/mol. The summed E-state index contributed by atoms with van der Waals surface area (Å²) in [5.41, 5.74) is 4.29. The van der Waals surface area contributed by atoms with Gasteiger partial charge in [0, 0.05) is 16.7 Å². The van der Waals surface area contributed by atoms with E-state index in [0.29, 0.717) is 6.54 Å². The maximum Gasteiger partial charge on any atom is 0.123 e. The maximum atomic E-state index is 13.0. The van der Waals surface area contributed by atoms with E-state index in [1.165, 1.54) is 23.3 Å². The summed E-state index contributed by atoms with van der Waals surface area (Å²) in [5.74, 6) is -0.199. The fourth-order valence-corrected chi connectivity index (χ4v) is 2.45. The highest BCUT2D eigenvalue weighted by atomic mass is 79.9. The zero-order chi connectivity index (χ0) is 13.1. The number of hydrogen-bond acceptors (Lipinski definition) is 1. The molecule has 18 heavy (non-hydrogen) atoms. The Bertz CT molecular complexity index is 515. The number of halogens is 2. The van der Waals surface area contributed by atoms with Crippen LogP contribution < -0.4 is 5.32 Å². The SMILES string of the molecule is Cc1ccc(CNc2ccc(F)cc2C)c(Br)c1. The van der Waals surface area contributed by atoms with Crippen LogP contribution in [0.1, 0.15) is 16.7 Å². The summed E-state index contributed by atoms with van der Waals surface area (Å²) in [6.45, 7) is 4.68. The Hall–Kier alpha value is -1.35. The third-order valence-corrected chi connectivity index (χ3v) is 3.60. The smallest absolute Gasteiger partial charge is 0.123 e. The minimum absolute atomic E-state index is 0.199. The van der Waals surface area contributed by atoms with Crippen LogP contribution in [0.3, 0.4) is 0 Å². The Morgan fingerprint density at radius 3 is 2.56 bits per heavy atom. The fraction of sp³-hybridized carbons (Fsp3) is 0.200. The summed E-state index contributed by atoms with van der Waals surface area (Å²) in [6.07, 6.45) is 0. The van der Waals surface area contributed by atoms with Crippen molar-refractivity contribution >= 4 is 21.6 Å². The topological polar surface area (TPSA) is 12.0 Å². The monoisotopic (exact) mass is 307 g/mol. The quantitative estimate of drug-likeness (QED) is 0.857. The van der Waals surface area contributed by atoms with Crippen molar-refractivity contribution in [2.45, 2.75) is 20.4 Å². The minimum atomic E-state index is -0.199. The number of anilines is 1. The van der Waals surface area contributed by atoms with E-state index in [1.54, 1.807) is 6.07 Å². The highest BCUT2D eigenvalue weighted by Gasteiger charge is 2.02. The highest BCUT2D eigenvalue weighted by molar-refractivity contribution is 9.10. The molecule has 1 nitrogen and oxygen atoms in total. The van der Waals surface area contributed by atoms with Crippen molar-refractivity contribution < 1.29 is 4.39 Å². The molecule has 2 aromatic carbocycles. The van der Waals surface area contributed by atoms with Crippen LogP contribution in [-0.2, 0) is 6.54 Å². The van der Waals surface area contributed by atoms with Crippen molar-refractivity contribution in [3.05, 3.63) is 63.4 Å². The molecule has 0 unspecified atom stereocenters. The van der Waals surface area contributed by atoms with Crippen LogP contribution >= 0.6 is 15.9 Å². The molecule has 2 rings (SSSR count). The second kappa shape index (κ2) is 5.53. The van der Waals surface area contributed by atoms with Gasteiger partial charge in [0.15, 0.2) is 0 Å². The average molecular weight is 308 g/mol. The number of aryl methyl sites for hydroxylation is 2. The Labute approximate surface area is 115 Å². The van der Waals surface area contributed by atoms with Gasteiger partial charge in [-0.1, -0.05) is 28.1 Å². The summed E-state index contributed by atoms with van der Waals surface area (Å²) >= 11 is 3.55. The number of nitrogens with one attached hydrogen (secondary N) is 1. The molecule has 0 spiro atoms. The lowest BCUT2D eigenvalue weighted by Crippen LogP contribution is -2.02. The third-order valence-electron chi connectivity index (χ3n) is 2.87. The van der Waals surface area contributed by atoms with Crippen LogP contribution in [0.5, 0.6) is 0 Å². The van der Waals surface area contributed by atoms with Gasteiger partial charge in [-0.2, -0.15) is 0 Å². The molecule has 0 aliphatic rings. The van der Waals surface area contributed by atoms with Crippen LogP contribution in [0, 0.1) is 19.7 Å². The van der Waals surface area contributed by atoms with E-state index in [9.17, 15) is 4.39 Å². The molecule has 0 saturated carbocycles. The normalized spacial score (nSPS) is 10.4. The first kappa shape index (κ1) is 13.1. The Morgan fingerprint density at radius 2 is 1.89 bits per heavy atom. The Balaban J connectivity index is 2.11. The van der Waals surface area contributed by atoms with Crippen LogP contribution in [0.15, 0.2) is 40.9 Å². The lowest BCUT2D eigenvalue weighted by atomic mass is 10.1. The number of rotatable bonds is 3. The van der Waals surface area contributed by atoms with Gasteiger partial charge in [0.1, 0.15) is 5.82 Å². The van der Waals surface area contributed by atoms with E-state index < -0.39 is 0 Å². The molecule has 0 saturated heterocycles. The van der Waals surface area contributed by atoms with Gasteiger partial charge < -0.3 is 5.32 Å². The zero-order valence-electron chi connectivity index (χ0n) is 10.4. The van der Waals surface area contributed by atoms with Gasteiger partial charge in [0.25, 0.3) is 0 Å². The predicted octanol–water partition coefficient (Wildman–Crippen LogP) is 4.82. The lowest BCUT2D eigenvalue weighted by Gasteiger charge is -2.11. The molecule has 0 atom stereocenters. The van der Waals surface area contributed by atoms with Gasteiger partial charge in [0.05, 0.1) is 0 Å². The van der Waals surface area contributed by atoms with E-state index in [2.05, 4.69) is 46.4 Å². The third kappa shape index (κ3) is 3.10. The second-order valence-corrected chi connectivity index (χ2v) is 5.26. The van der Waals surface area contributed by atoms with Gasteiger partial charge in [-0.05, 0) is 54.8 Å². The van der Waals surface area contributed by atoms with Gasteiger partial charge in [-0.3, -0.25) is 0 Å². The summed E-state index contributed by atoms with van der Waals surface area (Å²) < 4.78 is 14.1. The fourth-order valence-electron chi connectivity index (χ4n) is 1.81. The Morgan fingerprint density at radius 1 is 1.11 bits per heavy atom. The molecule has 2 aromatic rings. The van der Waals surface area contributed by atoms with Crippen molar-refractivity contribution in [2.75, 3.05) is 5.32 Å². The van der Waals surface area contributed by atoms with Crippen molar-refractivity contribution in [1.82, 2.24) is 0 Å². The van der Waals surface area contributed by atoms with Gasteiger partial charge >= 0.3 is 0 Å². The number of hydrogen-bond donors (Lipinski definition) is 1. The maximum absolute atomic E-state index is 13.0. The van der Waals surface area contributed by atoms with Gasteiger partial charge in [0.2, 0.25) is 0 Å². The highest BCUT2D eigenvalue weighted by Crippen LogP contribution is 2.21. The van der Waals surface area contributed by atoms with Crippen LogP contribution in [0.2, 0.25) is 0 Å². The van der Waals surface area contributed by atoms with Gasteiger partial charge in [-0.15, -0.1) is 0 Å². The Kier molecular flexibility index (Phi) is 4.02. The van der Waals surface area contributed by atoms with Gasteiger partial charge in [-0.25, -0.2) is 4.39 Å². The molecule has 0 aromatic heterocycles. The molecule has 3 heteroatoms. The van der Waals surface area contributed by atoms with E-state index in [0.717, 1.165) is 15.7 Å². The summed E-state index contributed by atoms with van der Waals surface area (Å²) in [4.78, 5) is 0. The van der Waals surface area contributed by atoms with E-state index >= 15 is 0 Å². The van der Waals surface area contributed by atoms with E-state index in [4.69, 9.17) is 0 Å². The first-order valence-electron chi connectivity index (χ1n) is 5.81. The molecule has 0 amide bonds. The minimum Gasteiger partial charge on any atom is -0.381 e. The zero-order valence-corrected chi connectivity index (χ0v) is 12.0. The molecule has 0 radical (unpaired) electrons. The largest absolute Gasteiger partial charge is 0.381 e. The van der Waals surface area contributed by atoms with Crippen molar-refractivity contribution in [3.8, 4) is 0 Å². The summed E-state index contributed by atoms with van der Waals surface area (Å²) in [7, 11) is 0. The molecular formula is C15H15BrFN. The molecule has 0 heterocycles. The first-order valence-corrected chi connectivity index (χ1v) is 6.60. The summed E-state index contributed by atoms with van der Waals surface area (Å²) in [5, 5.41) is 3.32. The lowest BCUT2D eigenvalue weighted by molar-refractivity contribution is 0.627. The van der Waals surface area contributed by atoms with E-state index in [-0.39, 0.29) is 5.82 Å². The standard InChI is InChI=1S/C15H15BrFN/c1-10-3-4-12(14(16)7-10)9-18-15-6-5-13(17)8-11(15)2/h3-8,18H,9H2,1-2H3. The average Bonchev–Trinajstić information content (AvgIpc) is 2.30. The van der Waals surface area contributed by atoms with Crippen molar-refractivity contribution in [2.24, 2.45) is 0 Å². The molecule has 0 aliphatic heterocycles. The second-order valence-electron chi connectivity index (χ2n) is 4.41. The molecule has 0 aliphatic carbocycles. The number of benzene rings is 2. The molecule has 0 fully saturated rings.